The van der Waals surface area contributed by atoms with Crippen LogP contribution in [-0.4, -0.2) is 39.1 Å². The van der Waals surface area contributed by atoms with E-state index in [1.165, 1.54) is 0 Å². The molecular formula is C25H19N5O. The lowest BCUT2D eigenvalue weighted by Crippen LogP contribution is -2.54. The molecule has 4 heterocycles. The molecule has 6 nitrogen and oxygen atoms in total. The highest BCUT2D eigenvalue weighted by molar-refractivity contribution is 5.83. The molecule has 0 radical (unpaired) electrons. The molecule has 0 bridgehead atoms. The Hall–Kier alpha value is -4.06. The van der Waals surface area contributed by atoms with E-state index < -0.39 is 0 Å². The van der Waals surface area contributed by atoms with Crippen molar-refractivity contribution in [3.63, 3.8) is 0 Å². The van der Waals surface area contributed by atoms with E-state index in [-0.39, 0.29) is 6.10 Å². The van der Waals surface area contributed by atoms with Crippen molar-refractivity contribution in [3.05, 3.63) is 85.3 Å². The Morgan fingerprint density at radius 2 is 1.55 bits per heavy atom. The van der Waals surface area contributed by atoms with Crippen LogP contribution < -0.4 is 9.64 Å². The number of pyridine rings is 2. The molecule has 6 rings (SSSR count). The zero-order valence-electron chi connectivity index (χ0n) is 16.7. The molecule has 0 atom stereocenters. The quantitative estimate of drug-likeness (QED) is 0.438. The monoisotopic (exact) mass is 405 g/mol. The Morgan fingerprint density at radius 1 is 0.774 bits per heavy atom. The van der Waals surface area contributed by atoms with Crippen LogP contribution in [0.15, 0.2) is 85.3 Å². The van der Waals surface area contributed by atoms with Crippen LogP contribution in [0.1, 0.15) is 0 Å². The van der Waals surface area contributed by atoms with Gasteiger partial charge in [-0.1, -0.05) is 36.4 Å². The summed E-state index contributed by atoms with van der Waals surface area (Å²) in [6.07, 6.45) is 5.21. The number of hydrogen-bond acceptors (Lipinski definition) is 6. The lowest BCUT2D eigenvalue weighted by molar-refractivity contribution is 0.160. The summed E-state index contributed by atoms with van der Waals surface area (Å²) in [5.41, 5.74) is 3.57. The Balaban J connectivity index is 1.21. The first kappa shape index (κ1) is 17.8. The van der Waals surface area contributed by atoms with Crippen molar-refractivity contribution in [2.75, 3.05) is 18.0 Å². The predicted molar refractivity (Wildman–Crippen MR) is 121 cm³/mol. The van der Waals surface area contributed by atoms with Crippen molar-refractivity contribution in [3.8, 4) is 17.1 Å². The maximum atomic E-state index is 6.22. The van der Waals surface area contributed by atoms with E-state index in [1.54, 1.807) is 12.4 Å². The van der Waals surface area contributed by atoms with Gasteiger partial charge in [-0.05, 0) is 30.3 Å². The molecule has 31 heavy (non-hydrogen) atoms. The minimum atomic E-state index is 0.0390. The molecule has 0 aliphatic carbocycles. The zero-order chi connectivity index (χ0) is 20.6. The maximum absolute atomic E-state index is 6.22. The first-order valence-corrected chi connectivity index (χ1v) is 10.3. The average Bonchev–Trinajstić information content (AvgIpc) is 2.81. The second-order valence-electron chi connectivity index (χ2n) is 7.63. The van der Waals surface area contributed by atoms with Crippen LogP contribution in [0, 0.1) is 0 Å². The highest BCUT2D eigenvalue weighted by Gasteiger charge is 2.31. The first-order chi connectivity index (χ1) is 15.3. The summed E-state index contributed by atoms with van der Waals surface area (Å²) in [6, 6.07) is 22.4. The van der Waals surface area contributed by atoms with Crippen LogP contribution >= 0.6 is 0 Å². The van der Waals surface area contributed by atoms with Gasteiger partial charge in [0.25, 0.3) is 0 Å². The summed E-state index contributed by atoms with van der Waals surface area (Å²) in [4.78, 5) is 20.5. The number of nitrogens with zero attached hydrogens (tertiary/aromatic N) is 5. The Morgan fingerprint density at radius 3 is 2.45 bits per heavy atom. The molecule has 2 aromatic carbocycles. The van der Waals surface area contributed by atoms with Gasteiger partial charge in [0.2, 0.25) is 5.88 Å². The van der Waals surface area contributed by atoms with E-state index in [0.717, 1.165) is 46.3 Å². The Kier molecular flexibility index (Phi) is 4.20. The molecule has 1 aliphatic rings. The average molecular weight is 405 g/mol. The third kappa shape index (κ3) is 3.32. The smallest absolute Gasteiger partial charge is 0.241 e. The molecule has 5 aromatic rings. The summed E-state index contributed by atoms with van der Waals surface area (Å²) in [5, 5.41) is 2.21. The van der Waals surface area contributed by atoms with Crippen molar-refractivity contribution in [2.24, 2.45) is 0 Å². The van der Waals surface area contributed by atoms with Crippen LogP contribution in [0.5, 0.6) is 5.88 Å². The number of anilines is 1. The van der Waals surface area contributed by atoms with Crippen LogP contribution in [0.3, 0.4) is 0 Å². The van der Waals surface area contributed by atoms with Gasteiger partial charge < -0.3 is 9.64 Å². The van der Waals surface area contributed by atoms with Crippen LogP contribution in [0.4, 0.5) is 5.82 Å². The number of benzene rings is 2. The van der Waals surface area contributed by atoms with Gasteiger partial charge in [-0.25, -0.2) is 15.0 Å². The molecule has 150 valence electrons. The fourth-order valence-electron chi connectivity index (χ4n) is 3.90. The summed E-state index contributed by atoms with van der Waals surface area (Å²) in [6.45, 7) is 1.52. The van der Waals surface area contributed by atoms with E-state index in [2.05, 4.69) is 44.1 Å². The lowest BCUT2D eigenvalue weighted by Gasteiger charge is -2.39. The van der Waals surface area contributed by atoms with E-state index >= 15 is 0 Å². The van der Waals surface area contributed by atoms with E-state index in [4.69, 9.17) is 9.72 Å². The molecule has 6 heteroatoms. The molecule has 1 saturated heterocycles. The lowest BCUT2D eigenvalue weighted by atomic mass is 10.1. The molecular weight excluding hydrogens is 386 g/mol. The number of aromatic nitrogens is 4. The summed E-state index contributed by atoms with van der Waals surface area (Å²) in [7, 11) is 0. The van der Waals surface area contributed by atoms with Gasteiger partial charge in [0.15, 0.2) is 0 Å². The van der Waals surface area contributed by atoms with E-state index in [0.29, 0.717) is 11.6 Å². The predicted octanol–water partition coefficient (Wildman–Crippen LogP) is 4.51. The normalized spacial score (nSPS) is 14.0. The van der Waals surface area contributed by atoms with Crippen LogP contribution in [-0.2, 0) is 0 Å². The third-order valence-corrected chi connectivity index (χ3v) is 5.56. The van der Waals surface area contributed by atoms with Gasteiger partial charge >= 0.3 is 0 Å². The fraction of sp³-hybridized carbons (Fsp3) is 0.120. The standard InChI is InChI=1S/C25H19N5O/c1-4-8-22-17(5-1)9-10-23(29-22)30-15-20(16-30)31-25-24(26-11-12-27-25)19-13-18-6-2-3-7-21(18)28-14-19/h1-14,20H,15-16H2. The second kappa shape index (κ2) is 7.32. The number of rotatable bonds is 4. The van der Waals surface area contributed by atoms with Crippen molar-refractivity contribution >= 4 is 27.6 Å². The number of fused-ring (bicyclic) bond motifs is 2. The van der Waals surface area contributed by atoms with E-state index in [1.807, 2.05) is 48.7 Å². The SMILES string of the molecule is c1ccc2ncc(-c3nccnc3OC3CN(c4ccc5ccccc5n4)C3)cc2c1. The van der Waals surface area contributed by atoms with Gasteiger partial charge in [-0.3, -0.25) is 4.98 Å². The maximum Gasteiger partial charge on any atom is 0.241 e. The molecule has 3 aromatic heterocycles. The molecule has 0 saturated carbocycles. The molecule has 1 aliphatic heterocycles. The van der Waals surface area contributed by atoms with E-state index in [9.17, 15) is 0 Å². The highest BCUT2D eigenvalue weighted by atomic mass is 16.5. The van der Waals surface area contributed by atoms with Crippen molar-refractivity contribution in [1.82, 2.24) is 19.9 Å². The molecule has 1 fully saturated rings. The number of hydrogen-bond donors (Lipinski definition) is 0. The summed E-state index contributed by atoms with van der Waals surface area (Å²) in [5.74, 6) is 1.51. The second-order valence-corrected chi connectivity index (χ2v) is 7.63. The first-order valence-electron chi connectivity index (χ1n) is 10.3. The van der Waals surface area contributed by atoms with Gasteiger partial charge in [0, 0.05) is 34.9 Å². The largest absolute Gasteiger partial charge is 0.469 e. The molecule has 0 unspecified atom stereocenters. The fourth-order valence-corrected chi connectivity index (χ4v) is 3.90. The molecule has 0 amide bonds. The summed E-state index contributed by atoms with van der Waals surface area (Å²) >= 11 is 0. The summed E-state index contributed by atoms with van der Waals surface area (Å²) < 4.78 is 6.22. The minimum Gasteiger partial charge on any atom is -0.469 e. The Labute approximate surface area is 179 Å². The van der Waals surface area contributed by atoms with Crippen LogP contribution in [0.25, 0.3) is 33.1 Å². The van der Waals surface area contributed by atoms with Crippen LogP contribution in [0.2, 0.25) is 0 Å². The number of ether oxygens (including phenoxy) is 1. The molecule has 0 N–H and O–H groups in total. The van der Waals surface area contributed by atoms with Gasteiger partial charge in [0.05, 0.1) is 24.1 Å². The topological polar surface area (TPSA) is 64.0 Å². The van der Waals surface area contributed by atoms with Crippen molar-refractivity contribution in [2.45, 2.75) is 6.10 Å². The van der Waals surface area contributed by atoms with Gasteiger partial charge in [-0.15, -0.1) is 0 Å². The van der Waals surface area contributed by atoms with Gasteiger partial charge in [-0.2, -0.15) is 0 Å². The van der Waals surface area contributed by atoms with Crippen molar-refractivity contribution in [1.29, 1.82) is 0 Å². The van der Waals surface area contributed by atoms with Gasteiger partial charge in [0.1, 0.15) is 17.6 Å². The zero-order valence-corrected chi connectivity index (χ0v) is 16.7. The highest BCUT2D eigenvalue weighted by Crippen LogP contribution is 2.30. The third-order valence-electron chi connectivity index (χ3n) is 5.56. The minimum absolute atomic E-state index is 0.0390. The van der Waals surface area contributed by atoms with Crippen molar-refractivity contribution < 1.29 is 4.74 Å². The molecule has 0 spiro atoms. The Bertz CT molecular complexity index is 1400. The number of para-hydroxylation sites is 2.